The fraction of sp³-hybridized carbons (Fsp3) is 0.231. The number of alkyl halides is 4. The molecule has 0 atom stereocenters. The lowest BCUT2D eigenvalue weighted by Crippen LogP contribution is -2.33. The van der Waals surface area contributed by atoms with E-state index in [4.69, 9.17) is 0 Å². The molecule has 0 aromatic heterocycles. The highest BCUT2D eigenvalue weighted by Crippen LogP contribution is 2.26. The lowest BCUT2D eigenvalue weighted by atomic mass is 10.1. The standard InChI is InChI=1S/C13H10F4O3S/c14-12(15)13(16,17)8-20-21(18,19)11-6-5-9-3-1-2-4-10(9)7-11/h1-7,12H,8H2. The van der Waals surface area contributed by atoms with E-state index >= 15 is 0 Å². The summed E-state index contributed by atoms with van der Waals surface area (Å²) >= 11 is 0. The van der Waals surface area contributed by atoms with Crippen molar-refractivity contribution in [1.82, 2.24) is 0 Å². The van der Waals surface area contributed by atoms with Gasteiger partial charge in [0.2, 0.25) is 0 Å². The summed E-state index contributed by atoms with van der Waals surface area (Å²) in [5.41, 5.74) is 0. The van der Waals surface area contributed by atoms with Crippen LogP contribution in [0.25, 0.3) is 10.8 Å². The van der Waals surface area contributed by atoms with Crippen LogP contribution in [0.15, 0.2) is 47.4 Å². The van der Waals surface area contributed by atoms with Crippen molar-refractivity contribution >= 4 is 20.9 Å². The van der Waals surface area contributed by atoms with Gasteiger partial charge in [0.15, 0.2) is 0 Å². The zero-order valence-electron chi connectivity index (χ0n) is 10.5. The Morgan fingerprint density at radius 2 is 1.67 bits per heavy atom. The van der Waals surface area contributed by atoms with E-state index in [1.807, 2.05) is 0 Å². The lowest BCUT2D eigenvalue weighted by Gasteiger charge is -2.15. The summed E-state index contributed by atoms with van der Waals surface area (Å²) < 4.78 is 76.9. The molecule has 0 aliphatic rings. The molecule has 0 fully saturated rings. The van der Waals surface area contributed by atoms with Gasteiger partial charge in [-0.15, -0.1) is 0 Å². The molecule has 0 saturated carbocycles. The molecule has 8 heteroatoms. The number of halogens is 4. The van der Waals surface area contributed by atoms with E-state index in [1.54, 1.807) is 24.3 Å². The molecule has 0 amide bonds. The molecule has 0 spiro atoms. The van der Waals surface area contributed by atoms with Gasteiger partial charge in [0.1, 0.15) is 6.61 Å². The Balaban J connectivity index is 2.25. The third-order valence-corrected chi connectivity index (χ3v) is 3.99. The number of benzene rings is 2. The van der Waals surface area contributed by atoms with Crippen molar-refractivity contribution in [3.05, 3.63) is 42.5 Å². The first kappa shape index (κ1) is 15.7. The number of hydrogen-bond donors (Lipinski definition) is 0. The molecule has 0 aliphatic carbocycles. The largest absolute Gasteiger partial charge is 0.331 e. The molecule has 0 unspecified atom stereocenters. The van der Waals surface area contributed by atoms with Crippen molar-refractivity contribution in [2.24, 2.45) is 0 Å². The minimum Gasteiger partial charge on any atom is -0.260 e. The second-order valence-corrected chi connectivity index (χ2v) is 5.90. The number of fused-ring (bicyclic) bond motifs is 1. The van der Waals surface area contributed by atoms with Crippen LogP contribution in [0.2, 0.25) is 0 Å². The summed E-state index contributed by atoms with van der Waals surface area (Å²) in [6.45, 7) is -1.90. The van der Waals surface area contributed by atoms with Gasteiger partial charge in [0.05, 0.1) is 4.90 Å². The van der Waals surface area contributed by atoms with Crippen molar-refractivity contribution < 1.29 is 30.2 Å². The molecule has 2 aromatic carbocycles. The third kappa shape index (κ3) is 3.51. The molecule has 0 aliphatic heterocycles. The van der Waals surface area contributed by atoms with Crippen LogP contribution in [0.1, 0.15) is 0 Å². The van der Waals surface area contributed by atoms with Gasteiger partial charge in [-0.3, -0.25) is 4.18 Å². The van der Waals surface area contributed by atoms with E-state index < -0.39 is 29.1 Å². The van der Waals surface area contributed by atoms with Crippen molar-refractivity contribution in [1.29, 1.82) is 0 Å². The van der Waals surface area contributed by atoms with Crippen LogP contribution >= 0.6 is 0 Å². The van der Waals surface area contributed by atoms with E-state index in [9.17, 15) is 26.0 Å². The Labute approximate surface area is 118 Å². The topological polar surface area (TPSA) is 43.4 Å². The van der Waals surface area contributed by atoms with Gasteiger partial charge in [-0.2, -0.15) is 17.2 Å². The van der Waals surface area contributed by atoms with Gasteiger partial charge in [-0.1, -0.05) is 30.3 Å². The second-order valence-electron chi connectivity index (χ2n) is 4.29. The van der Waals surface area contributed by atoms with E-state index in [0.29, 0.717) is 5.39 Å². The summed E-state index contributed by atoms with van der Waals surface area (Å²) in [6, 6.07) is 10.6. The third-order valence-electron chi connectivity index (χ3n) is 2.74. The highest BCUT2D eigenvalue weighted by molar-refractivity contribution is 7.86. The Kier molecular flexibility index (Phi) is 4.20. The predicted octanol–water partition coefficient (Wildman–Crippen LogP) is 3.45. The van der Waals surface area contributed by atoms with Gasteiger partial charge in [-0.25, -0.2) is 8.78 Å². The Morgan fingerprint density at radius 1 is 1.05 bits per heavy atom. The first-order valence-corrected chi connectivity index (χ1v) is 7.17. The molecule has 114 valence electrons. The smallest absolute Gasteiger partial charge is 0.260 e. The maximum Gasteiger partial charge on any atom is 0.331 e. The molecule has 0 radical (unpaired) electrons. The van der Waals surface area contributed by atoms with Crippen molar-refractivity contribution in [3.63, 3.8) is 0 Å². The molecule has 21 heavy (non-hydrogen) atoms. The maximum atomic E-state index is 12.7. The fourth-order valence-electron chi connectivity index (χ4n) is 1.61. The Morgan fingerprint density at radius 3 is 2.29 bits per heavy atom. The Hall–Kier alpha value is -1.67. The van der Waals surface area contributed by atoms with Crippen LogP contribution in [-0.4, -0.2) is 27.4 Å². The highest BCUT2D eigenvalue weighted by atomic mass is 32.2. The average molecular weight is 322 g/mol. The average Bonchev–Trinajstić information content (AvgIpc) is 2.45. The molecule has 2 rings (SSSR count). The van der Waals surface area contributed by atoms with Gasteiger partial charge < -0.3 is 0 Å². The summed E-state index contributed by atoms with van der Waals surface area (Å²) in [5, 5.41) is 1.30. The van der Waals surface area contributed by atoms with Gasteiger partial charge in [0, 0.05) is 0 Å². The van der Waals surface area contributed by atoms with Crippen LogP contribution in [-0.2, 0) is 14.3 Å². The quantitative estimate of drug-likeness (QED) is 0.625. The van der Waals surface area contributed by atoms with Crippen LogP contribution in [0.3, 0.4) is 0 Å². The zero-order valence-corrected chi connectivity index (χ0v) is 11.3. The first-order valence-electron chi connectivity index (χ1n) is 5.76. The highest BCUT2D eigenvalue weighted by Gasteiger charge is 2.42. The minimum atomic E-state index is -4.53. The molecular weight excluding hydrogens is 312 g/mol. The minimum absolute atomic E-state index is 0.369. The summed E-state index contributed by atoms with van der Waals surface area (Å²) in [4.78, 5) is -0.369. The molecule has 0 heterocycles. The fourth-order valence-corrected chi connectivity index (χ4v) is 2.56. The van der Waals surface area contributed by atoms with Crippen molar-refractivity contribution in [3.8, 4) is 0 Å². The molecule has 3 nitrogen and oxygen atoms in total. The number of rotatable bonds is 5. The summed E-state index contributed by atoms with van der Waals surface area (Å²) in [7, 11) is -4.53. The SMILES string of the molecule is O=S(=O)(OCC(F)(F)C(F)F)c1ccc2ccccc2c1. The second kappa shape index (κ2) is 5.61. The predicted molar refractivity (Wildman–Crippen MR) is 68.0 cm³/mol. The van der Waals surface area contributed by atoms with Crippen LogP contribution in [0, 0.1) is 0 Å². The molecule has 0 N–H and O–H groups in total. The molecule has 0 saturated heterocycles. The molecule has 0 bridgehead atoms. The molecular formula is C13H10F4O3S. The van der Waals surface area contributed by atoms with Gasteiger partial charge in [-0.05, 0) is 22.9 Å². The maximum absolute atomic E-state index is 12.7. The van der Waals surface area contributed by atoms with Crippen LogP contribution < -0.4 is 0 Å². The summed E-state index contributed by atoms with van der Waals surface area (Å²) in [6.07, 6.45) is -4.00. The number of hydrogen-bond acceptors (Lipinski definition) is 3. The normalized spacial score (nSPS) is 13.0. The monoisotopic (exact) mass is 322 g/mol. The van der Waals surface area contributed by atoms with Crippen molar-refractivity contribution in [2.75, 3.05) is 6.61 Å². The molecule has 2 aromatic rings. The Bertz CT molecular complexity index is 744. The first-order chi connectivity index (χ1) is 9.72. The van der Waals surface area contributed by atoms with Gasteiger partial charge >= 0.3 is 12.3 Å². The van der Waals surface area contributed by atoms with Gasteiger partial charge in [0.25, 0.3) is 10.1 Å². The summed E-state index contributed by atoms with van der Waals surface area (Å²) in [5.74, 6) is -4.52. The zero-order chi connectivity index (χ0) is 15.7. The van der Waals surface area contributed by atoms with E-state index in [0.717, 1.165) is 11.5 Å². The van der Waals surface area contributed by atoms with E-state index in [1.165, 1.54) is 12.1 Å². The van der Waals surface area contributed by atoms with Crippen LogP contribution in [0.5, 0.6) is 0 Å². The van der Waals surface area contributed by atoms with Crippen LogP contribution in [0.4, 0.5) is 17.6 Å². The van der Waals surface area contributed by atoms with E-state index in [-0.39, 0.29) is 4.90 Å². The van der Waals surface area contributed by atoms with E-state index in [2.05, 4.69) is 4.18 Å². The lowest BCUT2D eigenvalue weighted by molar-refractivity contribution is -0.147. The van der Waals surface area contributed by atoms with Crippen molar-refractivity contribution in [2.45, 2.75) is 17.2 Å².